The standard InChI is InChI=1S/C11H13N3O7/c15-7(3-5-4-8(16)14-11(21)12-5)13-6(10(19)20)1-2-9(17)18/h4,6H,1-3H2,(H,13,15)(H,17,18)(H,19,20)(H2,12,14,16,21). The first kappa shape index (κ1) is 16.1. The van der Waals surface area contributed by atoms with Crippen molar-refractivity contribution < 1.29 is 24.6 Å². The Balaban J connectivity index is 2.69. The Labute approximate surface area is 116 Å². The van der Waals surface area contributed by atoms with Crippen LogP contribution in [-0.4, -0.2) is 44.1 Å². The van der Waals surface area contributed by atoms with Crippen LogP contribution in [0.4, 0.5) is 0 Å². The summed E-state index contributed by atoms with van der Waals surface area (Å²) in [6.07, 6.45) is -1.10. The lowest BCUT2D eigenvalue weighted by molar-refractivity contribution is -0.143. The molecule has 0 aliphatic rings. The average molecular weight is 299 g/mol. The zero-order chi connectivity index (χ0) is 16.0. The van der Waals surface area contributed by atoms with Gasteiger partial charge in [0.1, 0.15) is 6.04 Å². The predicted molar refractivity (Wildman–Crippen MR) is 67.8 cm³/mol. The Morgan fingerprint density at radius 3 is 2.38 bits per heavy atom. The van der Waals surface area contributed by atoms with Crippen LogP contribution >= 0.6 is 0 Å². The largest absolute Gasteiger partial charge is 0.481 e. The van der Waals surface area contributed by atoms with Crippen molar-refractivity contribution in [3.05, 3.63) is 32.6 Å². The first-order valence-corrected chi connectivity index (χ1v) is 5.84. The molecule has 0 aliphatic carbocycles. The molecule has 1 aromatic heterocycles. The summed E-state index contributed by atoms with van der Waals surface area (Å²) < 4.78 is 0. The summed E-state index contributed by atoms with van der Waals surface area (Å²) in [6.45, 7) is 0. The first-order chi connectivity index (χ1) is 9.77. The van der Waals surface area contributed by atoms with Gasteiger partial charge >= 0.3 is 17.6 Å². The molecular weight excluding hydrogens is 286 g/mol. The molecule has 1 rings (SSSR count). The molecule has 0 bridgehead atoms. The van der Waals surface area contributed by atoms with E-state index in [1.807, 2.05) is 4.98 Å². The van der Waals surface area contributed by atoms with E-state index >= 15 is 0 Å². The molecule has 1 unspecified atom stereocenters. The second-order valence-corrected chi connectivity index (χ2v) is 4.18. The molecule has 10 heteroatoms. The molecule has 0 radical (unpaired) electrons. The number of nitrogens with one attached hydrogen (secondary N) is 3. The molecule has 0 spiro atoms. The number of H-pyrrole nitrogens is 2. The zero-order valence-corrected chi connectivity index (χ0v) is 10.7. The first-order valence-electron chi connectivity index (χ1n) is 5.84. The van der Waals surface area contributed by atoms with Crippen molar-refractivity contribution in [3.8, 4) is 0 Å². The molecule has 0 fully saturated rings. The minimum atomic E-state index is -1.37. The fourth-order valence-electron chi connectivity index (χ4n) is 1.56. The summed E-state index contributed by atoms with van der Waals surface area (Å²) in [4.78, 5) is 59.1. The molecule has 0 saturated carbocycles. The van der Waals surface area contributed by atoms with Crippen molar-refractivity contribution in [2.24, 2.45) is 0 Å². The van der Waals surface area contributed by atoms with Crippen LogP contribution in [0.15, 0.2) is 15.7 Å². The van der Waals surface area contributed by atoms with Gasteiger partial charge in [0.2, 0.25) is 5.91 Å². The van der Waals surface area contributed by atoms with E-state index in [0.29, 0.717) is 0 Å². The number of hydrogen-bond acceptors (Lipinski definition) is 5. The van der Waals surface area contributed by atoms with Gasteiger partial charge < -0.3 is 20.5 Å². The third-order valence-electron chi connectivity index (χ3n) is 2.45. The van der Waals surface area contributed by atoms with E-state index in [4.69, 9.17) is 10.2 Å². The summed E-state index contributed by atoms with van der Waals surface area (Å²) in [5, 5.41) is 19.5. The molecular formula is C11H13N3O7. The number of carboxylic acids is 2. The van der Waals surface area contributed by atoms with Gasteiger partial charge in [-0.1, -0.05) is 0 Å². The minimum absolute atomic E-state index is 0.0172. The molecule has 5 N–H and O–H groups in total. The van der Waals surface area contributed by atoms with E-state index in [0.717, 1.165) is 6.07 Å². The van der Waals surface area contributed by atoms with Crippen molar-refractivity contribution in [1.82, 2.24) is 15.3 Å². The highest BCUT2D eigenvalue weighted by Crippen LogP contribution is 1.99. The Morgan fingerprint density at radius 1 is 1.19 bits per heavy atom. The SMILES string of the molecule is O=C(O)CCC(NC(=O)Cc1cc(=O)[nH]c(=O)[nH]1)C(=O)O. The van der Waals surface area contributed by atoms with Crippen molar-refractivity contribution in [2.45, 2.75) is 25.3 Å². The number of carbonyl (C=O) groups is 3. The van der Waals surface area contributed by atoms with E-state index in [9.17, 15) is 24.0 Å². The lowest BCUT2D eigenvalue weighted by Gasteiger charge is -2.13. The molecule has 21 heavy (non-hydrogen) atoms. The van der Waals surface area contributed by atoms with Crippen molar-refractivity contribution >= 4 is 17.8 Å². The molecule has 114 valence electrons. The minimum Gasteiger partial charge on any atom is -0.481 e. The number of carboxylic acid groups (broad SMARTS) is 2. The summed E-state index contributed by atoms with van der Waals surface area (Å²) >= 11 is 0. The van der Waals surface area contributed by atoms with E-state index in [1.54, 1.807) is 0 Å². The quantitative estimate of drug-likeness (QED) is 0.389. The van der Waals surface area contributed by atoms with Gasteiger partial charge in [0.05, 0.1) is 6.42 Å². The van der Waals surface area contributed by atoms with Gasteiger partial charge in [-0.25, -0.2) is 9.59 Å². The topological polar surface area (TPSA) is 169 Å². The predicted octanol–water partition coefficient (Wildman–Crippen LogP) is -1.96. The Hall–Kier alpha value is -2.91. The maximum atomic E-state index is 11.6. The Morgan fingerprint density at radius 2 is 1.86 bits per heavy atom. The Kier molecular flexibility index (Phi) is 5.40. The van der Waals surface area contributed by atoms with E-state index in [1.165, 1.54) is 0 Å². The molecule has 0 saturated heterocycles. The van der Waals surface area contributed by atoms with E-state index < -0.39 is 48.0 Å². The maximum Gasteiger partial charge on any atom is 0.326 e. The zero-order valence-electron chi connectivity index (χ0n) is 10.7. The monoisotopic (exact) mass is 299 g/mol. The summed E-state index contributed by atoms with van der Waals surface area (Å²) in [5.41, 5.74) is -1.46. The van der Waals surface area contributed by atoms with Gasteiger partial charge in [0, 0.05) is 18.2 Å². The van der Waals surface area contributed by atoms with Crippen LogP contribution in [0.2, 0.25) is 0 Å². The van der Waals surface area contributed by atoms with E-state index in [2.05, 4.69) is 10.3 Å². The lowest BCUT2D eigenvalue weighted by atomic mass is 10.1. The van der Waals surface area contributed by atoms with Crippen LogP contribution in [0.5, 0.6) is 0 Å². The van der Waals surface area contributed by atoms with Crippen LogP contribution in [0.25, 0.3) is 0 Å². The van der Waals surface area contributed by atoms with Gasteiger partial charge in [-0.15, -0.1) is 0 Å². The highest BCUT2D eigenvalue weighted by molar-refractivity contribution is 5.84. The van der Waals surface area contributed by atoms with Crippen LogP contribution in [0.3, 0.4) is 0 Å². The van der Waals surface area contributed by atoms with Crippen LogP contribution < -0.4 is 16.6 Å². The number of aromatic nitrogens is 2. The van der Waals surface area contributed by atoms with Gasteiger partial charge in [-0.2, -0.15) is 0 Å². The summed E-state index contributed by atoms with van der Waals surface area (Å²) in [5.74, 6) is -3.31. The van der Waals surface area contributed by atoms with Crippen molar-refractivity contribution in [1.29, 1.82) is 0 Å². The van der Waals surface area contributed by atoms with Crippen LogP contribution in [0.1, 0.15) is 18.5 Å². The third kappa shape index (κ3) is 5.72. The summed E-state index contributed by atoms with van der Waals surface area (Å²) in [7, 11) is 0. The molecule has 0 aromatic carbocycles. The molecule has 1 amide bonds. The van der Waals surface area contributed by atoms with E-state index in [-0.39, 0.29) is 12.1 Å². The third-order valence-corrected chi connectivity index (χ3v) is 2.45. The highest BCUT2D eigenvalue weighted by Gasteiger charge is 2.21. The molecule has 0 aliphatic heterocycles. The normalized spacial score (nSPS) is 11.6. The second kappa shape index (κ2) is 7.03. The molecule has 10 nitrogen and oxygen atoms in total. The van der Waals surface area contributed by atoms with Gasteiger partial charge in [-0.3, -0.25) is 19.4 Å². The molecule has 1 aromatic rings. The second-order valence-electron chi connectivity index (χ2n) is 4.18. The Bertz CT molecular complexity index is 632. The maximum absolute atomic E-state index is 11.6. The average Bonchev–Trinajstić information content (AvgIpc) is 2.32. The molecule has 1 atom stereocenters. The number of amides is 1. The molecule has 1 heterocycles. The van der Waals surface area contributed by atoms with Gasteiger partial charge in [0.25, 0.3) is 5.56 Å². The van der Waals surface area contributed by atoms with Crippen LogP contribution in [-0.2, 0) is 20.8 Å². The van der Waals surface area contributed by atoms with Gasteiger partial charge in [0.15, 0.2) is 0 Å². The van der Waals surface area contributed by atoms with Gasteiger partial charge in [-0.05, 0) is 6.42 Å². The van der Waals surface area contributed by atoms with Crippen molar-refractivity contribution in [3.63, 3.8) is 0 Å². The number of aliphatic carboxylic acids is 2. The number of hydrogen-bond donors (Lipinski definition) is 5. The smallest absolute Gasteiger partial charge is 0.326 e. The fourth-order valence-corrected chi connectivity index (χ4v) is 1.56. The highest BCUT2D eigenvalue weighted by atomic mass is 16.4. The van der Waals surface area contributed by atoms with Crippen LogP contribution in [0, 0.1) is 0 Å². The van der Waals surface area contributed by atoms with Crippen molar-refractivity contribution in [2.75, 3.05) is 0 Å². The lowest BCUT2D eigenvalue weighted by Crippen LogP contribution is -2.42. The number of aromatic amines is 2. The number of rotatable bonds is 7. The fraction of sp³-hybridized carbons (Fsp3) is 0.364. The number of carbonyl (C=O) groups excluding carboxylic acids is 1. The summed E-state index contributed by atoms with van der Waals surface area (Å²) in [6, 6.07) is -0.365.